The van der Waals surface area contributed by atoms with Crippen molar-refractivity contribution in [2.45, 2.75) is 46.0 Å². The van der Waals surface area contributed by atoms with Crippen LogP contribution in [0.15, 0.2) is 60.8 Å². The zero-order valence-corrected chi connectivity index (χ0v) is 21.0. The van der Waals surface area contributed by atoms with Crippen LogP contribution in [0.5, 0.6) is 11.5 Å². The first-order valence-electron chi connectivity index (χ1n) is 11.9. The molecule has 0 radical (unpaired) electrons. The first-order valence-corrected chi connectivity index (χ1v) is 11.9. The van der Waals surface area contributed by atoms with E-state index in [1.165, 1.54) is 5.56 Å². The van der Waals surface area contributed by atoms with E-state index < -0.39 is 5.97 Å². The van der Waals surface area contributed by atoms with Crippen LogP contribution < -0.4 is 10.1 Å². The highest BCUT2D eigenvalue weighted by Crippen LogP contribution is 2.30. The summed E-state index contributed by atoms with van der Waals surface area (Å²) in [5.41, 5.74) is 4.30. The number of benzene rings is 2. The molecule has 0 saturated heterocycles. The molecule has 0 aliphatic rings. The molecule has 0 aliphatic heterocycles. The number of ether oxygens (including phenoxy) is 2. The molecular weight excluding hydrogens is 440 g/mol. The van der Waals surface area contributed by atoms with Gasteiger partial charge in [-0.15, -0.1) is 0 Å². The average molecular weight is 473 g/mol. The van der Waals surface area contributed by atoms with Crippen molar-refractivity contribution in [2.75, 3.05) is 11.9 Å². The molecule has 7 heteroatoms. The summed E-state index contributed by atoms with van der Waals surface area (Å²) < 4.78 is 13.3. The Kier molecular flexibility index (Phi) is 7.05. The molecule has 0 fully saturated rings. The number of anilines is 2. The fourth-order valence-electron chi connectivity index (χ4n) is 3.65. The monoisotopic (exact) mass is 472 g/mol. The highest BCUT2D eigenvalue weighted by molar-refractivity contribution is 5.87. The molecule has 0 bridgehead atoms. The molecule has 0 unspecified atom stereocenters. The Morgan fingerprint density at radius 3 is 2.63 bits per heavy atom. The van der Waals surface area contributed by atoms with E-state index in [4.69, 9.17) is 14.5 Å². The number of carbonyl (C=O) groups excluding carboxylic acids is 1. The van der Waals surface area contributed by atoms with E-state index in [0.717, 1.165) is 35.5 Å². The van der Waals surface area contributed by atoms with E-state index >= 15 is 0 Å². The quantitative estimate of drug-likeness (QED) is 0.225. The van der Waals surface area contributed by atoms with Crippen molar-refractivity contribution in [2.24, 2.45) is 7.05 Å². The van der Waals surface area contributed by atoms with E-state index in [2.05, 4.69) is 49.3 Å². The maximum Gasteiger partial charge on any atom is 0.357 e. The number of aromatic nitrogens is 3. The van der Waals surface area contributed by atoms with Gasteiger partial charge >= 0.3 is 5.97 Å². The van der Waals surface area contributed by atoms with Gasteiger partial charge in [-0.1, -0.05) is 46.2 Å². The Balaban J connectivity index is 1.52. The maximum atomic E-state index is 12.2. The predicted molar refractivity (Wildman–Crippen MR) is 139 cm³/mol. The molecule has 1 N–H and O–H groups in total. The lowest BCUT2D eigenvalue weighted by atomic mass is 9.87. The number of esters is 1. The van der Waals surface area contributed by atoms with Gasteiger partial charge in [-0.3, -0.25) is 0 Å². The van der Waals surface area contributed by atoms with Crippen LogP contribution in [0.25, 0.3) is 11.0 Å². The van der Waals surface area contributed by atoms with Crippen molar-refractivity contribution in [3.05, 3.63) is 72.1 Å². The lowest BCUT2D eigenvalue weighted by Gasteiger charge is -2.20. The third kappa shape index (κ3) is 5.80. The molecule has 0 saturated carbocycles. The van der Waals surface area contributed by atoms with Crippen molar-refractivity contribution < 1.29 is 14.3 Å². The number of aryl methyl sites for hydroxylation is 1. The topological polar surface area (TPSA) is 78.3 Å². The van der Waals surface area contributed by atoms with Gasteiger partial charge in [0, 0.05) is 31.1 Å². The SMILES string of the molecule is CCCCOC(=O)c1cc(Oc2ccc3c(c2)nc(Nc2cccc(C(C)(C)C)c2)n3C)ccn1. The number of nitrogens with zero attached hydrogens (tertiary/aromatic N) is 3. The van der Waals surface area contributed by atoms with Gasteiger partial charge in [0.05, 0.1) is 17.6 Å². The van der Waals surface area contributed by atoms with Gasteiger partial charge in [0.1, 0.15) is 11.5 Å². The van der Waals surface area contributed by atoms with Crippen LogP contribution in [0.4, 0.5) is 11.6 Å². The van der Waals surface area contributed by atoms with Gasteiger partial charge in [0.15, 0.2) is 5.69 Å². The minimum atomic E-state index is -0.449. The molecule has 2 aromatic heterocycles. The van der Waals surface area contributed by atoms with Gasteiger partial charge in [0.2, 0.25) is 5.95 Å². The molecule has 4 aromatic rings. The van der Waals surface area contributed by atoms with Gasteiger partial charge in [0.25, 0.3) is 0 Å². The Hall–Kier alpha value is -3.87. The highest BCUT2D eigenvalue weighted by Gasteiger charge is 2.15. The number of rotatable bonds is 8. The average Bonchev–Trinajstić information content (AvgIpc) is 3.13. The number of nitrogens with one attached hydrogen (secondary N) is 1. The lowest BCUT2D eigenvalue weighted by molar-refractivity contribution is 0.0492. The van der Waals surface area contributed by atoms with Gasteiger partial charge in [-0.25, -0.2) is 14.8 Å². The van der Waals surface area contributed by atoms with E-state index in [-0.39, 0.29) is 11.1 Å². The normalized spacial score (nSPS) is 11.5. The molecule has 0 amide bonds. The van der Waals surface area contributed by atoms with Crippen LogP contribution in [0, 0.1) is 0 Å². The maximum absolute atomic E-state index is 12.2. The smallest absolute Gasteiger partial charge is 0.357 e. The summed E-state index contributed by atoms with van der Waals surface area (Å²) in [4.78, 5) is 21.1. The van der Waals surface area contributed by atoms with Gasteiger partial charge in [-0.05, 0) is 47.7 Å². The first kappa shape index (κ1) is 24.3. The third-order valence-corrected chi connectivity index (χ3v) is 5.74. The Morgan fingerprint density at radius 2 is 1.86 bits per heavy atom. The molecule has 0 aliphatic carbocycles. The summed E-state index contributed by atoms with van der Waals surface area (Å²) in [6.07, 6.45) is 3.32. The molecule has 0 atom stereocenters. The highest BCUT2D eigenvalue weighted by atomic mass is 16.5. The molecule has 2 heterocycles. The van der Waals surface area contributed by atoms with E-state index in [1.54, 1.807) is 18.3 Å². The number of hydrogen-bond acceptors (Lipinski definition) is 6. The molecule has 7 nitrogen and oxygen atoms in total. The Bertz CT molecular complexity index is 1340. The summed E-state index contributed by atoms with van der Waals surface area (Å²) in [6, 6.07) is 17.4. The zero-order chi connectivity index (χ0) is 25.0. The van der Waals surface area contributed by atoms with Crippen LogP contribution in [0.3, 0.4) is 0 Å². The molecule has 35 heavy (non-hydrogen) atoms. The van der Waals surface area contributed by atoms with Crippen molar-refractivity contribution in [1.82, 2.24) is 14.5 Å². The fraction of sp³-hybridized carbons (Fsp3) is 0.321. The van der Waals surface area contributed by atoms with E-state index in [9.17, 15) is 4.79 Å². The molecular formula is C28H32N4O3. The third-order valence-electron chi connectivity index (χ3n) is 5.74. The number of hydrogen-bond donors (Lipinski definition) is 1. The summed E-state index contributed by atoms with van der Waals surface area (Å²) >= 11 is 0. The Morgan fingerprint density at radius 1 is 1.06 bits per heavy atom. The first-order chi connectivity index (χ1) is 16.7. The molecule has 0 spiro atoms. The number of unbranched alkanes of at least 4 members (excludes halogenated alkanes) is 1. The summed E-state index contributed by atoms with van der Waals surface area (Å²) in [7, 11) is 1.98. The molecule has 4 rings (SSSR count). The standard InChI is InChI=1S/C28H32N4O3/c1-6-7-15-34-26(33)24-18-22(13-14-29-24)35-21-11-12-25-23(17-21)31-27(32(25)5)30-20-10-8-9-19(16-20)28(2,3)4/h8-14,16-18H,6-7,15H2,1-5H3,(H,30,31). The van der Waals surface area contributed by atoms with Gasteiger partial charge in [-0.2, -0.15) is 0 Å². The molecule has 182 valence electrons. The second kappa shape index (κ2) is 10.2. The number of carbonyl (C=O) groups is 1. The van der Waals surface area contributed by atoms with E-state index in [1.807, 2.05) is 42.8 Å². The summed E-state index contributed by atoms with van der Waals surface area (Å²) in [5, 5.41) is 3.44. The van der Waals surface area contributed by atoms with Crippen molar-refractivity contribution in [3.63, 3.8) is 0 Å². The minimum Gasteiger partial charge on any atom is -0.461 e. The minimum absolute atomic E-state index is 0.0648. The van der Waals surface area contributed by atoms with Crippen LogP contribution in [0.2, 0.25) is 0 Å². The lowest BCUT2D eigenvalue weighted by Crippen LogP contribution is -2.11. The van der Waals surface area contributed by atoms with Crippen LogP contribution in [-0.4, -0.2) is 27.1 Å². The van der Waals surface area contributed by atoms with E-state index in [0.29, 0.717) is 18.1 Å². The van der Waals surface area contributed by atoms with Crippen molar-refractivity contribution >= 4 is 28.6 Å². The Labute approximate surface area is 206 Å². The predicted octanol–water partition coefficient (Wildman–Crippen LogP) is 6.76. The zero-order valence-electron chi connectivity index (χ0n) is 21.0. The molecule has 2 aromatic carbocycles. The number of pyridine rings is 1. The van der Waals surface area contributed by atoms with Gasteiger partial charge < -0.3 is 19.4 Å². The largest absolute Gasteiger partial charge is 0.461 e. The van der Waals surface area contributed by atoms with Crippen LogP contribution in [-0.2, 0) is 17.2 Å². The second-order valence-electron chi connectivity index (χ2n) is 9.57. The second-order valence-corrected chi connectivity index (χ2v) is 9.57. The van der Waals surface area contributed by atoms with Crippen LogP contribution in [0.1, 0.15) is 56.6 Å². The number of fused-ring (bicyclic) bond motifs is 1. The summed E-state index contributed by atoms with van der Waals surface area (Å²) in [6.45, 7) is 9.02. The van der Waals surface area contributed by atoms with Crippen LogP contribution >= 0.6 is 0 Å². The van der Waals surface area contributed by atoms with Crippen molar-refractivity contribution in [1.29, 1.82) is 0 Å². The summed E-state index contributed by atoms with van der Waals surface area (Å²) in [5.74, 6) is 1.42. The fourth-order valence-corrected chi connectivity index (χ4v) is 3.65. The van der Waals surface area contributed by atoms with Crippen molar-refractivity contribution in [3.8, 4) is 11.5 Å². The number of imidazole rings is 1.